The van der Waals surface area contributed by atoms with Crippen molar-refractivity contribution in [2.75, 3.05) is 18.2 Å². The van der Waals surface area contributed by atoms with E-state index in [4.69, 9.17) is 5.84 Å². The SMILES string of the molecule is CCC(F)(F)Oc1ccc(N(N)C(=O)C2=CNC(C(C)(C)O)C(C3=CNCNC3)=C2)cc1. The number of carbonyl (C=O) groups is 1. The molecular formula is C22H29F2N5O3. The molecule has 6 N–H and O–H groups in total. The molecule has 0 fully saturated rings. The molecule has 1 aromatic carbocycles. The van der Waals surface area contributed by atoms with Crippen molar-refractivity contribution in [3.63, 3.8) is 0 Å². The number of hydrogen-bond donors (Lipinski definition) is 5. The molecule has 10 heteroatoms. The fraction of sp³-hybridized carbons (Fsp3) is 0.409. The van der Waals surface area contributed by atoms with Crippen LogP contribution in [0.5, 0.6) is 5.75 Å². The Balaban J connectivity index is 1.81. The first-order valence-electron chi connectivity index (χ1n) is 10.3. The van der Waals surface area contributed by atoms with E-state index in [1.165, 1.54) is 37.4 Å². The van der Waals surface area contributed by atoms with Crippen molar-refractivity contribution in [2.45, 2.75) is 44.9 Å². The van der Waals surface area contributed by atoms with Gasteiger partial charge in [0.05, 0.1) is 29.6 Å². The third kappa shape index (κ3) is 5.45. The average Bonchev–Trinajstić information content (AvgIpc) is 2.78. The van der Waals surface area contributed by atoms with E-state index < -0.39 is 30.1 Å². The van der Waals surface area contributed by atoms with Gasteiger partial charge < -0.3 is 20.5 Å². The van der Waals surface area contributed by atoms with Gasteiger partial charge in [0, 0.05) is 25.4 Å². The molecule has 0 saturated carbocycles. The number of aliphatic hydroxyl groups is 1. The van der Waals surface area contributed by atoms with Gasteiger partial charge >= 0.3 is 6.11 Å². The van der Waals surface area contributed by atoms with Crippen LogP contribution in [0.1, 0.15) is 27.2 Å². The molecule has 2 heterocycles. The van der Waals surface area contributed by atoms with Crippen molar-refractivity contribution in [1.82, 2.24) is 16.0 Å². The van der Waals surface area contributed by atoms with Crippen LogP contribution < -0.4 is 31.5 Å². The fourth-order valence-electron chi connectivity index (χ4n) is 3.40. The Morgan fingerprint density at radius 3 is 2.53 bits per heavy atom. The molecule has 0 bridgehead atoms. The molecule has 2 aliphatic rings. The number of hydrazine groups is 1. The molecular weight excluding hydrogens is 420 g/mol. The number of nitrogens with two attached hydrogens (primary N) is 1. The molecule has 8 nitrogen and oxygen atoms in total. The van der Waals surface area contributed by atoms with Crippen molar-refractivity contribution in [1.29, 1.82) is 0 Å². The number of rotatable bonds is 7. The van der Waals surface area contributed by atoms with Crippen molar-refractivity contribution in [2.24, 2.45) is 5.84 Å². The lowest BCUT2D eigenvalue weighted by Gasteiger charge is -2.36. The Labute approximate surface area is 185 Å². The Kier molecular flexibility index (Phi) is 6.87. The fourth-order valence-corrected chi connectivity index (χ4v) is 3.40. The minimum absolute atomic E-state index is 0.0283. The maximum absolute atomic E-state index is 13.4. The smallest absolute Gasteiger partial charge is 0.397 e. The normalized spacial score (nSPS) is 19.1. The summed E-state index contributed by atoms with van der Waals surface area (Å²) >= 11 is 0. The molecule has 0 aromatic heterocycles. The Morgan fingerprint density at radius 2 is 1.97 bits per heavy atom. The lowest BCUT2D eigenvalue weighted by molar-refractivity contribution is -0.177. The number of ether oxygens (including phenoxy) is 1. The lowest BCUT2D eigenvalue weighted by Crippen LogP contribution is -2.50. The van der Waals surface area contributed by atoms with E-state index in [1.807, 2.05) is 6.20 Å². The zero-order valence-corrected chi connectivity index (χ0v) is 18.3. The number of benzene rings is 1. The summed E-state index contributed by atoms with van der Waals surface area (Å²) in [6.45, 7) is 5.89. The quantitative estimate of drug-likeness (QED) is 0.245. The van der Waals surface area contributed by atoms with Crippen molar-refractivity contribution in [3.8, 4) is 5.75 Å². The second-order valence-electron chi connectivity index (χ2n) is 8.19. The van der Waals surface area contributed by atoms with E-state index in [9.17, 15) is 18.7 Å². The highest BCUT2D eigenvalue weighted by Crippen LogP contribution is 2.29. The summed E-state index contributed by atoms with van der Waals surface area (Å²) in [5, 5.41) is 20.9. The van der Waals surface area contributed by atoms with Crippen LogP contribution in [0.2, 0.25) is 0 Å². The van der Waals surface area contributed by atoms with Crippen LogP contribution in [0, 0.1) is 0 Å². The molecule has 0 radical (unpaired) electrons. The van der Waals surface area contributed by atoms with Crippen molar-refractivity contribution < 1.29 is 23.4 Å². The van der Waals surface area contributed by atoms with Gasteiger partial charge in [-0.15, -0.1) is 0 Å². The second-order valence-corrected chi connectivity index (χ2v) is 8.19. The molecule has 1 amide bonds. The Hall–Kier alpha value is -2.95. The number of nitrogens with zero attached hydrogens (tertiary/aromatic N) is 1. The van der Waals surface area contributed by atoms with Gasteiger partial charge in [0.25, 0.3) is 5.91 Å². The molecule has 3 rings (SSSR count). The number of amides is 1. The molecule has 0 saturated heterocycles. The van der Waals surface area contributed by atoms with Gasteiger partial charge in [-0.3, -0.25) is 10.1 Å². The van der Waals surface area contributed by atoms with Gasteiger partial charge in [0.2, 0.25) is 0 Å². The van der Waals surface area contributed by atoms with Crippen molar-refractivity contribution >= 4 is 11.6 Å². The maximum atomic E-state index is 13.4. The Bertz CT molecular complexity index is 936. The first-order chi connectivity index (χ1) is 15.0. The maximum Gasteiger partial charge on any atom is 0.397 e. The second kappa shape index (κ2) is 9.27. The number of alkyl halides is 2. The highest BCUT2D eigenvalue weighted by Gasteiger charge is 2.35. The van der Waals surface area contributed by atoms with Crippen LogP contribution in [0.15, 0.2) is 59.5 Å². The largest absolute Gasteiger partial charge is 0.433 e. The Morgan fingerprint density at radius 1 is 1.28 bits per heavy atom. The van der Waals surface area contributed by atoms with Crippen molar-refractivity contribution in [3.05, 3.63) is 59.5 Å². The van der Waals surface area contributed by atoms with Crippen LogP contribution in [0.4, 0.5) is 14.5 Å². The van der Waals surface area contributed by atoms with E-state index in [0.717, 1.165) is 16.2 Å². The molecule has 1 unspecified atom stereocenters. The van der Waals surface area contributed by atoms with Gasteiger partial charge in [-0.05, 0) is 55.3 Å². The van der Waals surface area contributed by atoms with Crippen LogP contribution in [0.3, 0.4) is 0 Å². The molecule has 1 aromatic rings. The molecule has 1 atom stereocenters. The van der Waals surface area contributed by atoms with Gasteiger partial charge in [0.1, 0.15) is 5.75 Å². The molecule has 0 spiro atoms. The summed E-state index contributed by atoms with van der Waals surface area (Å²) in [4.78, 5) is 13.0. The van der Waals surface area contributed by atoms with Crippen LogP contribution in [-0.4, -0.2) is 42.0 Å². The predicted molar refractivity (Wildman–Crippen MR) is 117 cm³/mol. The average molecular weight is 450 g/mol. The first-order valence-corrected chi connectivity index (χ1v) is 10.3. The standard InChI is InChI=1S/C22H29F2N5O3/c1-4-22(23,24)32-17-7-5-16(6-8-17)29(25)20(30)14-9-18(15-10-26-13-27-11-15)19(28-12-14)21(2,3)31/h5-10,12,19,26-28,31H,4,11,13,25H2,1-3H3. The monoisotopic (exact) mass is 449 g/mol. The zero-order valence-electron chi connectivity index (χ0n) is 18.3. The van der Waals surface area contributed by atoms with Crippen LogP contribution in [0.25, 0.3) is 0 Å². The highest BCUT2D eigenvalue weighted by atomic mass is 19.3. The number of nitrogens with one attached hydrogen (secondary N) is 3. The minimum atomic E-state index is -3.27. The molecule has 32 heavy (non-hydrogen) atoms. The third-order valence-corrected chi connectivity index (χ3v) is 5.18. The summed E-state index contributed by atoms with van der Waals surface area (Å²) in [6, 6.07) is 5.08. The van der Waals surface area contributed by atoms with E-state index in [-0.39, 0.29) is 11.3 Å². The highest BCUT2D eigenvalue weighted by molar-refractivity contribution is 6.07. The van der Waals surface area contributed by atoms with Crippen LogP contribution in [-0.2, 0) is 4.79 Å². The summed E-state index contributed by atoms with van der Waals surface area (Å²) in [6.07, 6.45) is 1.33. The molecule has 174 valence electrons. The molecule has 2 aliphatic heterocycles. The predicted octanol–water partition coefficient (Wildman–Crippen LogP) is 1.86. The topological polar surface area (TPSA) is 112 Å². The summed E-state index contributed by atoms with van der Waals surface area (Å²) < 4.78 is 31.5. The number of halogens is 2. The number of dihydropyridines is 1. The van der Waals surface area contributed by atoms with E-state index in [0.29, 0.717) is 18.9 Å². The van der Waals surface area contributed by atoms with Gasteiger partial charge in [-0.1, -0.05) is 6.92 Å². The van der Waals surface area contributed by atoms with E-state index >= 15 is 0 Å². The minimum Gasteiger partial charge on any atom is -0.433 e. The van der Waals surface area contributed by atoms with Gasteiger partial charge in [0.15, 0.2) is 0 Å². The van der Waals surface area contributed by atoms with Gasteiger partial charge in [-0.2, -0.15) is 8.78 Å². The number of anilines is 1. The molecule has 0 aliphatic carbocycles. The zero-order chi connectivity index (χ0) is 23.5. The third-order valence-electron chi connectivity index (χ3n) is 5.18. The van der Waals surface area contributed by atoms with Gasteiger partial charge in [-0.25, -0.2) is 10.9 Å². The number of hydrogen-bond acceptors (Lipinski definition) is 7. The summed E-state index contributed by atoms with van der Waals surface area (Å²) in [5.41, 5.74) is 1.15. The van der Waals surface area contributed by atoms with Crippen LogP contribution >= 0.6 is 0 Å². The summed E-state index contributed by atoms with van der Waals surface area (Å²) in [5.74, 6) is 5.49. The number of carbonyl (C=O) groups excluding carboxylic acids is 1. The lowest BCUT2D eigenvalue weighted by atomic mass is 9.84. The first kappa shape index (κ1) is 23.7. The van der Waals surface area contributed by atoms with E-state index in [2.05, 4.69) is 20.7 Å². The summed E-state index contributed by atoms with van der Waals surface area (Å²) in [7, 11) is 0. The van der Waals surface area contributed by atoms with E-state index in [1.54, 1.807) is 19.9 Å².